The molecule has 0 N–H and O–H groups in total. The second-order valence-corrected chi connectivity index (χ2v) is 1.55. The maximum Gasteiger partial charge on any atom is 0.346 e. The third-order valence-electron chi connectivity index (χ3n) is 0.954. The fourth-order valence-corrected chi connectivity index (χ4v) is 0.406. The van der Waals surface area contributed by atoms with Gasteiger partial charge in [0.15, 0.2) is 0 Å². The number of carbonyl (C=O) groups excluding carboxylic acids is 2. The lowest BCUT2D eigenvalue weighted by molar-refractivity contribution is -0.153. The van der Waals surface area contributed by atoms with Crippen molar-refractivity contribution in [2.45, 2.75) is 6.04 Å². The van der Waals surface area contributed by atoms with E-state index in [1.54, 1.807) is 0 Å². The van der Waals surface area contributed by atoms with Crippen molar-refractivity contribution in [3.05, 3.63) is 4.91 Å². The van der Waals surface area contributed by atoms with E-state index in [0.29, 0.717) is 0 Å². The molecular formula is C5H7NO5. The molecule has 62 valence electrons. The molecule has 0 aromatic carbocycles. The Morgan fingerprint density at radius 1 is 1.18 bits per heavy atom. The Balaban J connectivity index is 4.27. The highest BCUT2D eigenvalue weighted by molar-refractivity contribution is 5.99. The quantitative estimate of drug-likeness (QED) is 0.315. The van der Waals surface area contributed by atoms with Crippen LogP contribution in [0.4, 0.5) is 0 Å². The number of esters is 2. The molecule has 0 bridgehead atoms. The van der Waals surface area contributed by atoms with Crippen LogP contribution in [0.15, 0.2) is 5.18 Å². The van der Waals surface area contributed by atoms with Crippen molar-refractivity contribution >= 4 is 11.9 Å². The standard InChI is InChI=1S/C5H7NO5/c1-10-4(7)3(6-9)5(8)11-2/h3H,1-2H3. The van der Waals surface area contributed by atoms with E-state index in [9.17, 15) is 14.5 Å². The van der Waals surface area contributed by atoms with Crippen molar-refractivity contribution in [1.29, 1.82) is 0 Å². The minimum absolute atomic E-state index is 1.02. The van der Waals surface area contributed by atoms with E-state index < -0.39 is 18.0 Å². The van der Waals surface area contributed by atoms with Crippen LogP contribution in [-0.2, 0) is 19.1 Å². The van der Waals surface area contributed by atoms with Gasteiger partial charge < -0.3 is 9.47 Å². The van der Waals surface area contributed by atoms with Crippen molar-refractivity contribution in [3.63, 3.8) is 0 Å². The highest BCUT2D eigenvalue weighted by Crippen LogP contribution is 1.95. The van der Waals surface area contributed by atoms with Gasteiger partial charge in [0, 0.05) is 0 Å². The van der Waals surface area contributed by atoms with Gasteiger partial charge in [-0.15, -0.1) is 4.91 Å². The molecule has 0 rings (SSSR count). The zero-order valence-electron chi connectivity index (χ0n) is 6.07. The summed E-state index contributed by atoms with van der Waals surface area (Å²) in [5.41, 5.74) is 0. The van der Waals surface area contributed by atoms with Gasteiger partial charge in [0.05, 0.1) is 14.2 Å². The van der Waals surface area contributed by atoms with Crippen LogP contribution in [0.2, 0.25) is 0 Å². The largest absolute Gasteiger partial charge is 0.467 e. The zero-order chi connectivity index (χ0) is 8.85. The predicted octanol–water partition coefficient (Wildman–Crippen LogP) is -0.533. The van der Waals surface area contributed by atoms with Gasteiger partial charge in [0.2, 0.25) is 0 Å². The molecule has 0 spiro atoms. The Morgan fingerprint density at radius 2 is 1.55 bits per heavy atom. The Labute approximate surface area is 62.4 Å². The Kier molecular flexibility index (Phi) is 3.79. The summed E-state index contributed by atoms with van der Waals surface area (Å²) in [6.45, 7) is 0. The molecule has 0 aromatic heterocycles. The lowest BCUT2D eigenvalue weighted by Gasteiger charge is -2.02. The van der Waals surface area contributed by atoms with E-state index >= 15 is 0 Å². The molecule has 0 aromatic rings. The maximum atomic E-state index is 10.5. The van der Waals surface area contributed by atoms with Gasteiger partial charge in [-0.1, -0.05) is 0 Å². The normalized spacial score (nSPS) is 9.00. The third-order valence-corrected chi connectivity index (χ3v) is 0.954. The van der Waals surface area contributed by atoms with E-state index in [2.05, 4.69) is 14.7 Å². The maximum absolute atomic E-state index is 10.5. The zero-order valence-corrected chi connectivity index (χ0v) is 6.07. The van der Waals surface area contributed by atoms with E-state index in [-0.39, 0.29) is 0 Å². The molecule has 6 nitrogen and oxygen atoms in total. The number of rotatable bonds is 3. The number of nitrogens with zero attached hydrogens (tertiary/aromatic N) is 1. The summed E-state index contributed by atoms with van der Waals surface area (Å²) >= 11 is 0. The lowest BCUT2D eigenvalue weighted by Crippen LogP contribution is -2.29. The van der Waals surface area contributed by atoms with E-state index in [0.717, 1.165) is 14.2 Å². The Bertz CT molecular complexity index is 162. The molecule has 11 heavy (non-hydrogen) atoms. The van der Waals surface area contributed by atoms with Crippen molar-refractivity contribution in [2.75, 3.05) is 14.2 Å². The molecule has 0 amide bonds. The minimum atomic E-state index is -1.70. The van der Waals surface area contributed by atoms with Gasteiger partial charge in [-0.2, -0.15) is 0 Å². The fourth-order valence-electron chi connectivity index (χ4n) is 0.406. The van der Waals surface area contributed by atoms with Crippen LogP contribution in [0.1, 0.15) is 0 Å². The van der Waals surface area contributed by atoms with Crippen LogP contribution in [0.5, 0.6) is 0 Å². The first-order valence-electron chi connectivity index (χ1n) is 2.65. The van der Waals surface area contributed by atoms with Crippen LogP contribution >= 0.6 is 0 Å². The summed E-state index contributed by atoms with van der Waals surface area (Å²) in [7, 11) is 2.09. The van der Waals surface area contributed by atoms with E-state index in [4.69, 9.17) is 0 Å². The molecule has 0 aliphatic heterocycles. The molecule has 0 heterocycles. The molecule has 0 saturated carbocycles. The van der Waals surface area contributed by atoms with Gasteiger partial charge in [-0.25, -0.2) is 9.59 Å². The Hall–Kier alpha value is -1.46. The van der Waals surface area contributed by atoms with Crippen molar-refractivity contribution in [1.82, 2.24) is 0 Å². The number of methoxy groups -OCH3 is 2. The van der Waals surface area contributed by atoms with Crippen LogP contribution < -0.4 is 0 Å². The number of ether oxygens (including phenoxy) is 2. The van der Waals surface area contributed by atoms with E-state index in [1.807, 2.05) is 0 Å². The second-order valence-electron chi connectivity index (χ2n) is 1.55. The van der Waals surface area contributed by atoms with E-state index in [1.165, 1.54) is 0 Å². The van der Waals surface area contributed by atoms with Crippen molar-refractivity contribution in [3.8, 4) is 0 Å². The molecular weight excluding hydrogens is 154 g/mol. The average molecular weight is 161 g/mol. The molecule has 0 saturated heterocycles. The Morgan fingerprint density at radius 3 is 1.73 bits per heavy atom. The molecule has 0 atom stereocenters. The summed E-state index contributed by atoms with van der Waals surface area (Å²) in [5.74, 6) is -2.04. The fraction of sp³-hybridized carbons (Fsp3) is 0.600. The number of hydrogen-bond donors (Lipinski definition) is 0. The highest BCUT2D eigenvalue weighted by atomic mass is 16.5. The van der Waals surface area contributed by atoms with Crippen LogP contribution in [0.25, 0.3) is 0 Å². The average Bonchev–Trinajstić information content (AvgIpc) is 2.05. The van der Waals surface area contributed by atoms with Crippen LogP contribution in [0, 0.1) is 4.91 Å². The first-order chi connectivity index (χ1) is 5.17. The topological polar surface area (TPSA) is 82.0 Å². The second kappa shape index (κ2) is 4.37. The molecule has 0 fully saturated rings. The number of carbonyl (C=O) groups is 2. The number of hydrogen-bond acceptors (Lipinski definition) is 6. The van der Waals surface area contributed by atoms with Crippen LogP contribution in [-0.4, -0.2) is 32.2 Å². The van der Waals surface area contributed by atoms with Gasteiger partial charge in [-0.3, -0.25) is 0 Å². The summed E-state index contributed by atoms with van der Waals surface area (Å²) in [6.07, 6.45) is 0. The predicted molar refractivity (Wildman–Crippen MR) is 33.6 cm³/mol. The SMILES string of the molecule is COC(=O)C(N=O)C(=O)OC. The molecule has 0 radical (unpaired) electrons. The molecule has 0 aliphatic carbocycles. The summed E-state index contributed by atoms with van der Waals surface area (Å²) < 4.78 is 8.19. The lowest BCUT2D eigenvalue weighted by atomic mass is 10.3. The van der Waals surface area contributed by atoms with Gasteiger partial charge in [0.1, 0.15) is 0 Å². The summed E-state index contributed by atoms with van der Waals surface area (Å²) in [4.78, 5) is 30.9. The first kappa shape index (κ1) is 9.54. The molecule has 6 heteroatoms. The molecule has 0 aliphatic rings. The molecule has 0 unspecified atom stereocenters. The highest BCUT2D eigenvalue weighted by Gasteiger charge is 2.29. The van der Waals surface area contributed by atoms with Gasteiger partial charge in [-0.05, 0) is 5.18 Å². The van der Waals surface area contributed by atoms with Crippen LogP contribution in [0.3, 0.4) is 0 Å². The smallest absolute Gasteiger partial charge is 0.346 e. The van der Waals surface area contributed by atoms with Crippen molar-refractivity contribution < 1.29 is 19.1 Å². The third kappa shape index (κ3) is 2.32. The monoisotopic (exact) mass is 161 g/mol. The first-order valence-corrected chi connectivity index (χ1v) is 2.65. The van der Waals surface area contributed by atoms with Crippen molar-refractivity contribution in [2.24, 2.45) is 5.18 Å². The number of nitroso groups, excluding NO2 is 1. The van der Waals surface area contributed by atoms with Gasteiger partial charge >= 0.3 is 11.9 Å². The van der Waals surface area contributed by atoms with Gasteiger partial charge in [0.25, 0.3) is 6.04 Å². The minimum Gasteiger partial charge on any atom is -0.467 e. The summed E-state index contributed by atoms with van der Waals surface area (Å²) in [6, 6.07) is -1.70. The summed E-state index contributed by atoms with van der Waals surface area (Å²) in [5, 5.41) is 2.23.